The molecule has 0 bridgehead atoms. The Morgan fingerprint density at radius 2 is 1.44 bits per heavy atom. The summed E-state index contributed by atoms with van der Waals surface area (Å²) in [5.74, 6) is 2.05. The lowest BCUT2D eigenvalue weighted by Gasteiger charge is -2.21. The zero-order valence-electron chi connectivity index (χ0n) is 18.9. The lowest BCUT2D eigenvalue weighted by atomic mass is 10.1. The van der Waals surface area contributed by atoms with Crippen molar-refractivity contribution in [2.45, 2.75) is 0 Å². The van der Waals surface area contributed by atoms with Crippen molar-refractivity contribution in [3.63, 3.8) is 0 Å². The molecule has 1 amide bonds. The topological polar surface area (TPSA) is 98.7 Å². The fraction of sp³-hybridized carbons (Fsp3) is 0.120. The third-order valence-electron chi connectivity index (χ3n) is 4.94. The average Bonchev–Trinajstić information content (AvgIpc) is 2.90. The molecular weight excluding hydrogens is 434 g/mol. The van der Waals surface area contributed by atoms with Gasteiger partial charge in [0.05, 0.1) is 27.0 Å². The van der Waals surface area contributed by atoms with Gasteiger partial charge in [0.1, 0.15) is 5.82 Å². The first-order valence-electron chi connectivity index (χ1n) is 10.3. The highest BCUT2D eigenvalue weighted by Crippen LogP contribution is 2.38. The van der Waals surface area contributed by atoms with Crippen LogP contribution in [0.4, 0.5) is 23.1 Å². The third kappa shape index (κ3) is 4.73. The Hall–Kier alpha value is -4.66. The van der Waals surface area contributed by atoms with E-state index in [0.717, 1.165) is 5.69 Å². The molecule has 9 nitrogen and oxygen atoms in total. The molecule has 4 rings (SSSR count). The van der Waals surface area contributed by atoms with Gasteiger partial charge in [-0.25, -0.2) is 15.0 Å². The van der Waals surface area contributed by atoms with Crippen LogP contribution >= 0.6 is 0 Å². The second-order valence-electron chi connectivity index (χ2n) is 6.99. The molecule has 0 aliphatic rings. The van der Waals surface area contributed by atoms with Crippen LogP contribution in [0.5, 0.6) is 17.2 Å². The standard InChI is InChI=1S/C25H23N5O4/c1-32-20-15-17(16-21(33-2)23(20)34-3)24(31)29-18-8-10-19(11-9-18)30(22-7-4-5-12-26-22)25-27-13-6-14-28-25/h4-16H,1-3H3,(H,29,31). The van der Waals surface area contributed by atoms with Crippen LogP contribution in [-0.4, -0.2) is 42.2 Å². The van der Waals surface area contributed by atoms with Crippen molar-refractivity contribution in [2.75, 3.05) is 31.5 Å². The minimum absolute atomic E-state index is 0.319. The van der Waals surface area contributed by atoms with Gasteiger partial charge >= 0.3 is 0 Å². The monoisotopic (exact) mass is 457 g/mol. The minimum atomic E-state index is -0.319. The molecule has 0 radical (unpaired) electrons. The van der Waals surface area contributed by atoms with Crippen molar-refractivity contribution in [3.05, 3.63) is 84.8 Å². The SMILES string of the molecule is COc1cc(C(=O)Nc2ccc(N(c3ccccn3)c3ncccn3)cc2)cc(OC)c1OC. The highest BCUT2D eigenvalue weighted by Gasteiger charge is 2.18. The third-order valence-corrected chi connectivity index (χ3v) is 4.94. The number of carbonyl (C=O) groups excluding carboxylic acids is 1. The molecule has 0 fully saturated rings. The zero-order chi connectivity index (χ0) is 23.9. The second kappa shape index (κ2) is 10.3. The summed E-state index contributed by atoms with van der Waals surface area (Å²) in [6.07, 6.45) is 5.05. The highest BCUT2D eigenvalue weighted by molar-refractivity contribution is 6.05. The van der Waals surface area contributed by atoms with E-state index in [-0.39, 0.29) is 5.91 Å². The number of methoxy groups -OCH3 is 3. The molecule has 0 aliphatic carbocycles. The van der Waals surface area contributed by atoms with Crippen LogP contribution < -0.4 is 24.4 Å². The Morgan fingerprint density at radius 3 is 2.00 bits per heavy atom. The first kappa shape index (κ1) is 22.5. The lowest BCUT2D eigenvalue weighted by molar-refractivity contribution is 0.102. The molecule has 2 heterocycles. The fourth-order valence-electron chi connectivity index (χ4n) is 3.35. The highest BCUT2D eigenvalue weighted by atomic mass is 16.5. The number of hydrogen-bond donors (Lipinski definition) is 1. The van der Waals surface area contributed by atoms with Crippen LogP contribution in [0.1, 0.15) is 10.4 Å². The van der Waals surface area contributed by atoms with Crippen molar-refractivity contribution in [2.24, 2.45) is 0 Å². The van der Waals surface area contributed by atoms with E-state index in [9.17, 15) is 4.79 Å². The maximum Gasteiger partial charge on any atom is 0.255 e. The first-order valence-corrected chi connectivity index (χ1v) is 10.3. The van der Waals surface area contributed by atoms with E-state index in [1.54, 1.807) is 48.9 Å². The van der Waals surface area contributed by atoms with E-state index in [0.29, 0.717) is 40.3 Å². The number of rotatable bonds is 8. The van der Waals surface area contributed by atoms with Gasteiger partial charge in [0, 0.05) is 29.8 Å². The average molecular weight is 457 g/mol. The molecular formula is C25H23N5O4. The Morgan fingerprint density at radius 1 is 0.794 bits per heavy atom. The molecule has 2 aromatic heterocycles. The summed E-state index contributed by atoms with van der Waals surface area (Å²) >= 11 is 0. The van der Waals surface area contributed by atoms with Gasteiger partial charge in [-0.1, -0.05) is 6.07 Å². The Kier molecular flexibility index (Phi) is 6.83. The molecule has 172 valence electrons. The molecule has 0 spiro atoms. The van der Waals surface area contributed by atoms with Crippen molar-refractivity contribution in [1.29, 1.82) is 0 Å². The van der Waals surface area contributed by atoms with Crippen molar-refractivity contribution < 1.29 is 19.0 Å². The van der Waals surface area contributed by atoms with E-state index >= 15 is 0 Å². The Labute approximate surface area is 197 Å². The molecule has 0 unspecified atom stereocenters. The number of aromatic nitrogens is 3. The largest absolute Gasteiger partial charge is 0.493 e. The molecule has 34 heavy (non-hydrogen) atoms. The minimum Gasteiger partial charge on any atom is -0.493 e. The molecule has 4 aromatic rings. The normalized spacial score (nSPS) is 10.3. The second-order valence-corrected chi connectivity index (χ2v) is 6.99. The van der Waals surface area contributed by atoms with Crippen LogP contribution in [0.25, 0.3) is 0 Å². The summed E-state index contributed by atoms with van der Waals surface area (Å²) < 4.78 is 16.0. The van der Waals surface area contributed by atoms with Crippen molar-refractivity contribution in [1.82, 2.24) is 15.0 Å². The first-order chi connectivity index (χ1) is 16.6. The molecule has 0 atom stereocenters. The van der Waals surface area contributed by atoms with Gasteiger partial charge in [-0.05, 0) is 54.6 Å². The molecule has 9 heteroatoms. The summed E-state index contributed by atoms with van der Waals surface area (Å²) in [5.41, 5.74) is 1.76. The van der Waals surface area contributed by atoms with E-state index in [2.05, 4.69) is 20.3 Å². The predicted octanol–water partition coefficient (Wildman–Crippen LogP) is 4.62. The van der Waals surface area contributed by atoms with Gasteiger partial charge in [-0.2, -0.15) is 0 Å². The summed E-state index contributed by atoms with van der Waals surface area (Å²) in [6, 6.07) is 17.9. The summed E-state index contributed by atoms with van der Waals surface area (Å²) in [5, 5.41) is 2.89. The van der Waals surface area contributed by atoms with Crippen LogP contribution in [0, 0.1) is 0 Å². The van der Waals surface area contributed by atoms with E-state index in [1.807, 2.05) is 35.2 Å². The van der Waals surface area contributed by atoms with Crippen molar-refractivity contribution >= 4 is 29.0 Å². The van der Waals surface area contributed by atoms with E-state index < -0.39 is 0 Å². The van der Waals surface area contributed by atoms with Crippen molar-refractivity contribution in [3.8, 4) is 17.2 Å². The van der Waals surface area contributed by atoms with Gasteiger partial charge in [0.2, 0.25) is 11.7 Å². The predicted molar refractivity (Wildman–Crippen MR) is 129 cm³/mol. The number of nitrogens with zero attached hydrogens (tertiary/aromatic N) is 4. The Bertz CT molecular complexity index is 1190. The summed E-state index contributed by atoms with van der Waals surface area (Å²) in [7, 11) is 4.51. The lowest BCUT2D eigenvalue weighted by Crippen LogP contribution is -2.15. The van der Waals surface area contributed by atoms with Gasteiger partial charge in [0.15, 0.2) is 11.5 Å². The van der Waals surface area contributed by atoms with Crippen LogP contribution in [0.15, 0.2) is 79.3 Å². The maximum atomic E-state index is 12.9. The Balaban J connectivity index is 1.60. The van der Waals surface area contributed by atoms with Gasteiger partial charge in [0.25, 0.3) is 5.91 Å². The molecule has 0 saturated heterocycles. The van der Waals surface area contributed by atoms with E-state index in [4.69, 9.17) is 14.2 Å². The number of hydrogen-bond acceptors (Lipinski definition) is 8. The van der Waals surface area contributed by atoms with Crippen LogP contribution in [0.2, 0.25) is 0 Å². The smallest absolute Gasteiger partial charge is 0.255 e. The molecule has 1 N–H and O–H groups in total. The molecule has 0 aliphatic heterocycles. The number of amides is 1. The number of anilines is 4. The van der Waals surface area contributed by atoms with Crippen LogP contribution in [-0.2, 0) is 0 Å². The molecule has 0 saturated carbocycles. The van der Waals surface area contributed by atoms with Gasteiger partial charge in [-0.15, -0.1) is 0 Å². The van der Waals surface area contributed by atoms with E-state index in [1.165, 1.54) is 21.3 Å². The number of nitrogens with one attached hydrogen (secondary N) is 1. The zero-order valence-corrected chi connectivity index (χ0v) is 18.9. The van der Waals surface area contributed by atoms with Gasteiger partial charge < -0.3 is 19.5 Å². The summed E-state index contributed by atoms with van der Waals surface area (Å²) in [6.45, 7) is 0. The molecule has 2 aromatic carbocycles. The quantitative estimate of drug-likeness (QED) is 0.409. The number of pyridine rings is 1. The van der Waals surface area contributed by atoms with Crippen LogP contribution in [0.3, 0.4) is 0 Å². The van der Waals surface area contributed by atoms with Gasteiger partial charge in [-0.3, -0.25) is 9.69 Å². The maximum absolute atomic E-state index is 12.9. The number of carbonyl (C=O) groups is 1. The number of ether oxygens (including phenoxy) is 3. The summed E-state index contributed by atoms with van der Waals surface area (Å²) in [4.78, 5) is 27.9. The number of benzene rings is 2. The fourth-order valence-corrected chi connectivity index (χ4v) is 3.35.